The van der Waals surface area contributed by atoms with Crippen LogP contribution in [0.25, 0.3) is 6.08 Å². The zero-order chi connectivity index (χ0) is 23.3. The molecule has 0 aliphatic carbocycles. The summed E-state index contributed by atoms with van der Waals surface area (Å²) < 4.78 is 33.9. The third-order valence-electron chi connectivity index (χ3n) is 4.97. The summed E-state index contributed by atoms with van der Waals surface area (Å²) in [4.78, 5) is 12.6. The van der Waals surface area contributed by atoms with Gasteiger partial charge in [0.25, 0.3) is 15.9 Å². The van der Waals surface area contributed by atoms with Crippen LogP contribution in [0.1, 0.15) is 27.0 Å². The molecule has 166 valence electrons. The molecule has 7 nitrogen and oxygen atoms in total. The lowest BCUT2D eigenvalue weighted by atomic mass is 10.0. The van der Waals surface area contributed by atoms with Crippen molar-refractivity contribution in [2.75, 3.05) is 11.4 Å². The van der Waals surface area contributed by atoms with E-state index in [-0.39, 0.29) is 22.7 Å². The van der Waals surface area contributed by atoms with Gasteiger partial charge in [0, 0.05) is 0 Å². The number of benzene rings is 3. The van der Waals surface area contributed by atoms with Crippen molar-refractivity contribution in [3.63, 3.8) is 0 Å². The van der Waals surface area contributed by atoms with Crippen molar-refractivity contribution in [1.82, 2.24) is 5.48 Å². The highest BCUT2D eigenvalue weighted by atomic mass is 32.2. The van der Waals surface area contributed by atoms with Gasteiger partial charge in [-0.2, -0.15) is 0 Å². The molecule has 3 aromatic rings. The molecule has 0 atom stereocenters. The number of carbonyl (C=O) groups excluding carboxylic acids is 1. The monoisotopic (exact) mass is 452 g/mol. The summed E-state index contributed by atoms with van der Waals surface area (Å²) in [5.41, 5.74) is 3.67. The van der Waals surface area contributed by atoms with E-state index < -0.39 is 15.9 Å². The molecule has 3 aromatic carbocycles. The summed E-state index contributed by atoms with van der Waals surface area (Å²) in [7, 11) is -2.60. The Kier molecular flexibility index (Phi) is 6.97. The molecule has 32 heavy (non-hydrogen) atoms. The van der Waals surface area contributed by atoms with Crippen LogP contribution >= 0.6 is 0 Å². The average Bonchev–Trinajstić information content (AvgIpc) is 2.82. The first-order chi connectivity index (χ1) is 15.3. The molecule has 2 N–H and O–H groups in total. The van der Waals surface area contributed by atoms with Gasteiger partial charge in [0.15, 0.2) is 0 Å². The van der Waals surface area contributed by atoms with Crippen LogP contribution in [0.3, 0.4) is 0 Å². The molecule has 0 spiro atoms. The Labute approximate surface area is 187 Å². The maximum atomic E-state index is 13.8. The number of hydroxylamine groups is 1. The van der Waals surface area contributed by atoms with Crippen molar-refractivity contribution in [3.05, 3.63) is 95.6 Å². The van der Waals surface area contributed by atoms with Crippen LogP contribution in [-0.4, -0.2) is 26.6 Å². The molecule has 0 aliphatic heterocycles. The van der Waals surface area contributed by atoms with E-state index in [0.29, 0.717) is 16.9 Å². The van der Waals surface area contributed by atoms with E-state index in [1.807, 2.05) is 18.2 Å². The number of rotatable bonds is 8. The number of methoxy groups -OCH3 is 1. The lowest BCUT2D eigenvalue weighted by Crippen LogP contribution is -2.34. The quantitative estimate of drug-likeness (QED) is 0.395. The van der Waals surface area contributed by atoms with Crippen molar-refractivity contribution < 1.29 is 23.2 Å². The zero-order valence-corrected chi connectivity index (χ0v) is 18.6. The van der Waals surface area contributed by atoms with Gasteiger partial charge in [-0.3, -0.25) is 14.3 Å². The molecule has 0 fully saturated rings. The number of anilines is 1. The van der Waals surface area contributed by atoms with Gasteiger partial charge < -0.3 is 4.74 Å². The molecule has 0 bridgehead atoms. The average molecular weight is 453 g/mol. The number of amides is 1. The van der Waals surface area contributed by atoms with Gasteiger partial charge in [-0.15, -0.1) is 0 Å². The van der Waals surface area contributed by atoms with Gasteiger partial charge in [-0.25, -0.2) is 13.9 Å². The normalized spacial score (nSPS) is 11.0. The molecule has 0 heterocycles. The van der Waals surface area contributed by atoms with Gasteiger partial charge in [0.05, 0.1) is 29.8 Å². The summed E-state index contributed by atoms with van der Waals surface area (Å²) in [5.74, 6) is -0.305. The molecule has 0 aromatic heterocycles. The van der Waals surface area contributed by atoms with Crippen LogP contribution in [0.5, 0.6) is 5.75 Å². The smallest absolute Gasteiger partial charge is 0.276 e. The lowest BCUT2D eigenvalue weighted by Gasteiger charge is -2.28. The molecule has 0 saturated heterocycles. The molecule has 1 amide bonds. The topological polar surface area (TPSA) is 95.9 Å². The Morgan fingerprint density at radius 1 is 1.12 bits per heavy atom. The maximum absolute atomic E-state index is 13.8. The number of aryl methyl sites for hydroxylation is 1. The number of nitrogens with one attached hydrogen (secondary N) is 1. The minimum absolute atomic E-state index is 0.00965. The molecule has 0 saturated carbocycles. The largest absolute Gasteiger partial charge is 0.497 e. The highest BCUT2D eigenvalue weighted by Crippen LogP contribution is 2.34. The van der Waals surface area contributed by atoms with E-state index in [0.717, 1.165) is 5.56 Å². The summed E-state index contributed by atoms with van der Waals surface area (Å²) in [5, 5.41) is 9.31. The van der Waals surface area contributed by atoms with Gasteiger partial charge in [0.1, 0.15) is 5.75 Å². The highest BCUT2D eigenvalue weighted by Gasteiger charge is 2.30. The summed E-state index contributed by atoms with van der Waals surface area (Å²) in [6.45, 7) is 5.40. The van der Waals surface area contributed by atoms with Gasteiger partial charge >= 0.3 is 0 Å². The van der Waals surface area contributed by atoms with E-state index in [1.165, 1.54) is 29.6 Å². The third kappa shape index (κ3) is 4.66. The first-order valence-electron chi connectivity index (χ1n) is 9.74. The fourth-order valence-corrected chi connectivity index (χ4v) is 4.93. The van der Waals surface area contributed by atoms with E-state index in [1.54, 1.807) is 48.8 Å². The lowest BCUT2D eigenvalue weighted by molar-refractivity contribution is 0.0707. The maximum Gasteiger partial charge on any atom is 0.276 e. The van der Waals surface area contributed by atoms with Crippen molar-refractivity contribution >= 4 is 27.7 Å². The number of nitrogens with zero attached hydrogens (tertiary/aromatic N) is 1. The summed E-state index contributed by atoms with van der Waals surface area (Å²) >= 11 is 0. The zero-order valence-electron chi connectivity index (χ0n) is 17.8. The van der Waals surface area contributed by atoms with Gasteiger partial charge in [-0.1, -0.05) is 43.0 Å². The first kappa shape index (κ1) is 23.1. The number of sulfonamides is 1. The summed E-state index contributed by atoms with van der Waals surface area (Å²) in [6.07, 6.45) is 1.55. The molecule has 0 unspecified atom stereocenters. The molecule has 8 heteroatoms. The number of ether oxygens (including phenoxy) is 1. The van der Waals surface area contributed by atoms with Crippen LogP contribution in [0.4, 0.5) is 5.69 Å². The van der Waals surface area contributed by atoms with Gasteiger partial charge in [0.2, 0.25) is 0 Å². The number of carbonyl (C=O) groups is 1. The minimum atomic E-state index is -4.09. The fourth-order valence-electron chi connectivity index (χ4n) is 3.40. The second-order valence-corrected chi connectivity index (χ2v) is 8.91. The summed E-state index contributed by atoms with van der Waals surface area (Å²) in [6, 6.07) is 18.3. The first-order valence-corrected chi connectivity index (χ1v) is 11.2. The van der Waals surface area contributed by atoms with Crippen LogP contribution in [0.15, 0.2) is 78.2 Å². The Balaban J connectivity index is 2.26. The van der Waals surface area contributed by atoms with Crippen molar-refractivity contribution in [3.8, 4) is 5.75 Å². The van der Waals surface area contributed by atoms with Crippen molar-refractivity contribution in [2.24, 2.45) is 0 Å². The Hall–Kier alpha value is -3.62. The van der Waals surface area contributed by atoms with Crippen LogP contribution in [-0.2, 0) is 16.6 Å². The standard InChI is InChI=1S/C24H24N2O5S/c1-4-18-14-17(2)23(22(15-18)24(27)25-28)26(16-19-8-6-5-7-9-19)32(29,30)21-12-10-20(31-3)11-13-21/h4-15,28H,1,16H2,2-3H3,(H,25,27). The number of hydrogen-bond acceptors (Lipinski definition) is 5. The van der Waals surface area contributed by atoms with E-state index in [9.17, 15) is 18.4 Å². The molecular weight excluding hydrogens is 428 g/mol. The molecule has 0 aliphatic rings. The molecule has 0 radical (unpaired) electrons. The van der Waals surface area contributed by atoms with Gasteiger partial charge in [-0.05, 0) is 60.0 Å². The Morgan fingerprint density at radius 3 is 2.34 bits per heavy atom. The highest BCUT2D eigenvalue weighted by molar-refractivity contribution is 7.92. The van der Waals surface area contributed by atoms with Crippen molar-refractivity contribution in [1.29, 1.82) is 0 Å². The second-order valence-electron chi connectivity index (χ2n) is 7.05. The van der Waals surface area contributed by atoms with E-state index in [4.69, 9.17) is 4.74 Å². The fraction of sp³-hybridized carbons (Fsp3) is 0.125. The minimum Gasteiger partial charge on any atom is -0.497 e. The van der Waals surface area contributed by atoms with E-state index >= 15 is 0 Å². The van der Waals surface area contributed by atoms with Crippen molar-refractivity contribution in [2.45, 2.75) is 18.4 Å². The van der Waals surface area contributed by atoms with Crippen LogP contribution < -0.4 is 14.5 Å². The third-order valence-corrected chi connectivity index (χ3v) is 6.73. The molecule has 3 rings (SSSR count). The number of hydrogen-bond donors (Lipinski definition) is 2. The Bertz CT molecular complexity index is 1220. The van der Waals surface area contributed by atoms with E-state index in [2.05, 4.69) is 6.58 Å². The van der Waals surface area contributed by atoms with Crippen LogP contribution in [0.2, 0.25) is 0 Å². The second kappa shape index (κ2) is 9.67. The predicted molar refractivity (Wildman–Crippen MR) is 123 cm³/mol. The molecular formula is C24H24N2O5S. The SMILES string of the molecule is C=Cc1cc(C)c(N(Cc2ccccc2)S(=O)(=O)c2ccc(OC)cc2)c(C(=O)NO)c1. The predicted octanol–water partition coefficient (Wildman–Crippen LogP) is 4.16. The van der Waals surface area contributed by atoms with Crippen LogP contribution in [0, 0.1) is 6.92 Å². The Morgan fingerprint density at radius 2 is 1.78 bits per heavy atom.